The van der Waals surface area contributed by atoms with E-state index in [4.69, 9.17) is 83.5 Å². The van der Waals surface area contributed by atoms with Crippen LogP contribution in [-0.2, 0) is 99.7 Å². The maximum absolute atomic E-state index is 10.5. The normalized spacial score (nSPS) is 8.27. The van der Waals surface area contributed by atoms with Gasteiger partial charge in [-0.2, -0.15) is 0 Å². The summed E-state index contributed by atoms with van der Waals surface area (Å²) in [5.74, 6) is -3.46. The molecule has 0 spiro atoms. The second kappa shape index (κ2) is 54.8. The van der Waals surface area contributed by atoms with Crippen LogP contribution in [0.15, 0.2) is 0 Å². The second-order valence-corrected chi connectivity index (χ2v) is 12.6. The van der Waals surface area contributed by atoms with Crippen LogP contribution < -0.4 is 0 Å². The fraction of sp³-hybridized carbons (Fsp3) is 0.538. The minimum atomic E-state index is -1.25. The molecule has 0 bridgehead atoms. The van der Waals surface area contributed by atoms with E-state index in [1.807, 2.05) is 0 Å². The van der Waals surface area contributed by atoms with E-state index in [1.54, 1.807) is 41.5 Å². The predicted molar refractivity (Wildman–Crippen MR) is 220 cm³/mol. The zero-order valence-corrected chi connectivity index (χ0v) is 41.2. The molecule has 0 radical (unpaired) electrons. The Bertz CT molecular complexity index is 1250. The summed E-state index contributed by atoms with van der Waals surface area (Å²) in [6, 6.07) is 0. The molecule has 348 valence electrons. The number of carboxylic acid groups (broad SMARTS) is 3. The largest absolute Gasteiger partial charge is 0.545 e. The molecular formula is C39H54Mo2N6O15-6. The Hall–Kier alpha value is -6.24. The second-order valence-electron chi connectivity index (χ2n) is 12.6. The molecule has 62 heavy (non-hydrogen) atoms. The Kier molecular flexibility index (Phi) is 84.7. The van der Waals surface area contributed by atoms with Gasteiger partial charge in [0.25, 0.3) is 16.6 Å². The number of hydrogen-bond donors (Lipinski definition) is 3. The maximum atomic E-state index is 10.5. The number of aliphatic carboxylic acids is 3. The van der Waals surface area contributed by atoms with E-state index in [0.29, 0.717) is 0 Å². The summed E-state index contributed by atoms with van der Waals surface area (Å²) in [4.78, 5) is 126. The van der Waals surface area contributed by atoms with Crippen molar-refractivity contribution in [2.45, 2.75) is 137 Å². The van der Waals surface area contributed by atoms with Crippen LogP contribution >= 0.6 is 0 Å². The van der Waals surface area contributed by atoms with Crippen LogP contribution in [0.1, 0.15) is 104 Å². The molecule has 0 aromatic rings. The maximum Gasteiger partial charge on any atom is 0.390 e. The molecule has 0 amide bonds. The van der Waals surface area contributed by atoms with Crippen LogP contribution in [0.25, 0.3) is 29.1 Å². The smallest absolute Gasteiger partial charge is 0.390 e. The summed E-state index contributed by atoms with van der Waals surface area (Å²) >= 11 is 0. The van der Waals surface area contributed by atoms with E-state index in [2.05, 4.69) is 69.8 Å². The summed E-state index contributed by atoms with van der Waals surface area (Å²) in [7, 11) is 0. The van der Waals surface area contributed by atoms with E-state index in [0.717, 1.165) is 0 Å². The average molecular weight is 1040 g/mol. The molecule has 21 nitrogen and oxygen atoms in total. The number of rotatable bonds is 6. The van der Waals surface area contributed by atoms with Gasteiger partial charge in [-0.3, -0.25) is 69.7 Å². The molecule has 0 heterocycles. The van der Waals surface area contributed by atoms with Crippen LogP contribution in [0.5, 0.6) is 0 Å². The molecule has 0 unspecified atom stereocenters. The molecule has 0 aromatic heterocycles. The van der Waals surface area contributed by atoms with Crippen LogP contribution in [0.2, 0.25) is 0 Å². The van der Waals surface area contributed by atoms with Crippen LogP contribution in [0.4, 0.5) is 0 Å². The van der Waals surface area contributed by atoms with E-state index in [1.165, 1.54) is 62.3 Å². The quantitative estimate of drug-likeness (QED) is 0.188. The fourth-order valence-corrected chi connectivity index (χ4v) is 0.380. The summed E-state index contributed by atoms with van der Waals surface area (Å²) in [6.45, 7) is 80.4. The van der Waals surface area contributed by atoms with E-state index >= 15 is 0 Å². The van der Waals surface area contributed by atoms with Crippen molar-refractivity contribution in [1.82, 2.24) is 0 Å². The van der Waals surface area contributed by atoms with Gasteiger partial charge in [-0.15, -0.1) is 0 Å². The fourth-order valence-electron chi connectivity index (χ4n) is 0.380. The van der Waals surface area contributed by atoms with Crippen molar-refractivity contribution in [3.8, 4) is 0 Å². The topological polar surface area (TPSA) is 292 Å². The van der Waals surface area contributed by atoms with E-state index < -0.39 is 51.1 Å². The molecule has 3 N–H and O–H groups in total. The van der Waals surface area contributed by atoms with Crippen LogP contribution in [0.3, 0.4) is 0 Å². The van der Waals surface area contributed by atoms with Crippen molar-refractivity contribution in [1.29, 1.82) is 0 Å². The number of hydrogen-bond acceptors (Lipinski definition) is 12. The molecule has 0 fully saturated rings. The summed E-state index contributed by atoms with van der Waals surface area (Å²) in [5.41, 5.74) is -6.17. The Labute approximate surface area is 394 Å². The number of carbonyl (C=O) groups is 6. The third kappa shape index (κ3) is 65.6. The Balaban J connectivity index is -0.0000000351. The minimum absolute atomic E-state index is 0. The van der Waals surface area contributed by atoms with Gasteiger partial charge < -0.3 is 58.6 Å². The molecular weight excluding hydrogens is 984 g/mol. The van der Waals surface area contributed by atoms with Crippen LogP contribution in [0, 0.1) is 39.4 Å². The molecule has 23 heteroatoms. The van der Waals surface area contributed by atoms with Crippen molar-refractivity contribution >= 4 is 76.0 Å². The first-order valence-electron chi connectivity index (χ1n) is 15.0. The van der Waals surface area contributed by atoms with Crippen LogP contribution in [-0.4, -0.2) is 125 Å². The van der Waals surface area contributed by atoms with Gasteiger partial charge in [-0.1, -0.05) is 0 Å². The molecule has 0 saturated carbocycles. The zero-order valence-electron chi connectivity index (χ0n) is 37.2. The number of carboxylic acids is 3. The van der Waals surface area contributed by atoms with Gasteiger partial charge in [0.2, 0.25) is 17.3 Å². The Morgan fingerprint density at radius 2 is 0.387 bits per heavy atom. The van der Waals surface area contributed by atoms with Crippen molar-refractivity contribution in [2.75, 3.05) is 0 Å². The number of carbonyl (C=O) groups excluding carboxylic acids is 9. The molecule has 0 saturated heterocycles. The third-order valence-electron chi connectivity index (χ3n) is 5.83. The first-order valence-corrected chi connectivity index (χ1v) is 15.0. The number of nitrogens with zero attached hydrogens (tertiary/aromatic N) is 6. The zero-order chi connectivity index (χ0) is 52.7. The standard InChI is InChI=1S/3C6H9NO.3C5H7NO2.6CHO.2Mo/c3*1-5(8)6(2,3)7-4;3*1-5(2,6-3)4(7)8;6*1-2;;/h3*1-3H3;3*1-2H3,(H,7,8);6*1H;;/q;;;;;;6*-1;;. The Morgan fingerprint density at radius 3 is 0.387 bits per heavy atom. The van der Waals surface area contributed by atoms with Gasteiger partial charge in [-0.05, 0) is 0 Å². The summed E-state index contributed by atoms with van der Waals surface area (Å²) < 4.78 is 0. The van der Waals surface area contributed by atoms with E-state index in [9.17, 15) is 28.8 Å². The summed E-state index contributed by atoms with van der Waals surface area (Å²) in [5, 5.41) is 24.7. The van der Waals surface area contributed by atoms with Gasteiger partial charge in [0.1, 0.15) is 0 Å². The van der Waals surface area contributed by atoms with E-state index in [-0.39, 0.29) is 59.5 Å². The first kappa shape index (κ1) is 95.9. The van der Waals surface area contributed by atoms with Gasteiger partial charge >= 0.3 is 34.5 Å². The van der Waals surface area contributed by atoms with Crippen molar-refractivity contribution in [3.63, 3.8) is 0 Å². The first-order chi connectivity index (χ1) is 27.0. The molecule has 0 aromatic carbocycles. The molecule has 0 atom stereocenters. The van der Waals surface area contributed by atoms with Gasteiger partial charge in [0.05, 0.1) is 0 Å². The number of ketones is 3. The predicted octanol–water partition coefficient (Wildman–Crippen LogP) is 4.48. The number of Topliss-reactive ketones (excluding diaryl/α,β-unsaturated/α-hetero) is 3. The molecule has 0 aliphatic rings. The van der Waals surface area contributed by atoms with Crippen molar-refractivity contribution in [2.24, 2.45) is 0 Å². The SMILES string of the molecule is [C-]#[N+]C(C)(C)C(=O)O.[C-]#[N+]C(C)(C)C(=O)O.[C-]#[N+]C(C)(C)C(=O)O.[C-]#[N+]C(C)(C)C(C)=O.[C-]#[N+]C(C)(C)C(C)=O.[C-]#[N+]C(C)(C)C(C)=O.[CH-]=O.[CH-]=O.[CH-]=O.[CH-]=O.[CH-]=O.[CH-]=O.[Mo].[Mo]. The molecule has 0 aliphatic heterocycles. The minimum Gasteiger partial charge on any atom is -0.545 e. The summed E-state index contributed by atoms with van der Waals surface area (Å²) in [6.07, 6.45) is 0. The van der Waals surface area contributed by atoms with Crippen molar-refractivity contribution in [3.05, 3.63) is 68.5 Å². The monoisotopic (exact) mass is 1040 g/mol. The molecule has 0 aliphatic carbocycles. The average Bonchev–Trinajstić information content (AvgIpc) is 3.23. The van der Waals surface area contributed by atoms with Gasteiger partial charge in [0.15, 0.2) is 0 Å². The molecule has 0 rings (SSSR count). The van der Waals surface area contributed by atoms with Gasteiger partial charge in [0, 0.05) is 146 Å². The van der Waals surface area contributed by atoms with Crippen molar-refractivity contribution < 1.29 is 115 Å². The third-order valence-corrected chi connectivity index (χ3v) is 5.83. The Morgan fingerprint density at radius 1 is 0.306 bits per heavy atom. The van der Waals surface area contributed by atoms with Gasteiger partial charge in [-0.25, -0.2) is 53.8 Å².